The highest BCUT2D eigenvalue weighted by atomic mass is 16.4. The average Bonchev–Trinajstić information content (AvgIpc) is 2.42. The van der Waals surface area contributed by atoms with Crippen molar-refractivity contribution in [3.05, 3.63) is 23.8 Å². The molecule has 0 aliphatic heterocycles. The third-order valence-corrected chi connectivity index (χ3v) is 3.95. The van der Waals surface area contributed by atoms with Crippen LogP contribution in [0.15, 0.2) is 18.2 Å². The van der Waals surface area contributed by atoms with Gasteiger partial charge in [-0.2, -0.15) is 0 Å². The highest BCUT2D eigenvalue weighted by molar-refractivity contribution is 5.71. The van der Waals surface area contributed by atoms with Crippen molar-refractivity contribution >= 4 is 17.3 Å². The number of hydrogen-bond donors (Lipinski definition) is 2. The first-order valence-electron chi connectivity index (χ1n) is 8.60. The van der Waals surface area contributed by atoms with Crippen molar-refractivity contribution in [2.45, 2.75) is 53.4 Å². The average molecular weight is 320 g/mol. The number of benzene rings is 1. The molecule has 1 atom stereocenters. The minimum Gasteiger partial charge on any atom is -0.481 e. The van der Waals surface area contributed by atoms with E-state index in [1.165, 1.54) is 0 Å². The van der Waals surface area contributed by atoms with Gasteiger partial charge in [0.25, 0.3) is 0 Å². The minimum absolute atomic E-state index is 0.0208. The third-order valence-electron chi connectivity index (χ3n) is 3.95. The van der Waals surface area contributed by atoms with Crippen LogP contribution in [-0.2, 0) is 4.79 Å². The zero-order valence-electron chi connectivity index (χ0n) is 15.2. The fourth-order valence-electron chi connectivity index (χ4n) is 2.98. The lowest BCUT2D eigenvalue weighted by Gasteiger charge is -2.30. The summed E-state index contributed by atoms with van der Waals surface area (Å²) < 4.78 is 0. The van der Waals surface area contributed by atoms with Crippen LogP contribution in [0, 0.1) is 11.8 Å². The van der Waals surface area contributed by atoms with Crippen molar-refractivity contribution in [2.75, 3.05) is 23.7 Å². The molecule has 4 heteroatoms. The summed E-state index contributed by atoms with van der Waals surface area (Å²) >= 11 is 0. The van der Waals surface area contributed by atoms with E-state index in [1.807, 2.05) is 19.1 Å². The van der Waals surface area contributed by atoms with E-state index in [2.05, 4.69) is 38.7 Å². The number of nitrogens with two attached hydrogens (primary N) is 1. The molecule has 0 aliphatic carbocycles. The second kappa shape index (κ2) is 8.80. The normalized spacial score (nSPS) is 12.7. The number of aliphatic carboxylic acids is 1. The molecule has 23 heavy (non-hydrogen) atoms. The van der Waals surface area contributed by atoms with Gasteiger partial charge in [0.1, 0.15) is 0 Å². The first-order valence-corrected chi connectivity index (χ1v) is 8.60. The molecule has 0 saturated heterocycles. The highest BCUT2D eigenvalue weighted by Crippen LogP contribution is 2.31. The summed E-state index contributed by atoms with van der Waals surface area (Å²) in [7, 11) is 0. The maximum absolute atomic E-state index is 11.0. The molecule has 0 aliphatic rings. The standard InChI is InChI=1S/C19H32N2O2/c1-6-15(10-19(22)23)16-7-8-18(17(20)9-16)21(11-13(2)3)12-14(4)5/h7-9,13-15H,6,10-12,20H2,1-5H3,(H,22,23)/t15-/m1/s1. The maximum atomic E-state index is 11.0. The smallest absolute Gasteiger partial charge is 0.303 e. The Kier molecular flexibility index (Phi) is 7.40. The van der Waals surface area contributed by atoms with Gasteiger partial charge in [0.15, 0.2) is 0 Å². The van der Waals surface area contributed by atoms with Crippen molar-refractivity contribution < 1.29 is 9.90 Å². The maximum Gasteiger partial charge on any atom is 0.303 e. The van der Waals surface area contributed by atoms with Gasteiger partial charge in [-0.1, -0.05) is 40.7 Å². The molecule has 1 aromatic rings. The van der Waals surface area contributed by atoms with Crippen LogP contribution >= 0.6 is 0 Å². The topological polar surface area (TPSA) is 66.6 Å². The predicted octanol–water partition coefficient (Wildman–Crippen LogP) is 4.36. The molecular weight excluding hydrogens is 288 g/mol. The van der Waals surface area contributed by atoms with Crippen LogP contribution in [0.4, 0.5) is 11.4 Å². The lowest BCUT2D eigenvalue weighted by Crippen LogP contribution is -2.32. The Labute approximate surface area is 140 Å². The molecule has 0 heterocycles. The Morgan fingerprint density at radius 1 is 1.17 bits per heavy atom. The summed E-state index contributed by atoms with van der Waals surface area (Å²) in [4.78, 5) is 13.3. The number of nitrogens with zero attached hydrogens (tertiary/aromatic N) is 1. The van der Waals surface area contributed by atoms with Crippen molar-refractivity contribution in [1.29, 1.82) is 0 Å². The van der Waals surface area contributed by atoms with E-state index in [0.29, 0.717) is 11.8 Å². The van der Waals surface area contributed by atoms with Gasteiger partial charge in [-0.05, 0) is 41.9 Å². The number of carbonyl (C=O) groups is 1. The minimum atomic E-state index is -0.763. The quantitative estimate of drug-likeness (QED) is 0.664. The van der Waals surface area contributed by atoms with E-state index >= 15 is 0 Å². The van der Waals surface area contributed by atoms with Crippen LogP contribution < -0.4 is 10.6 Å². The van der Waals surface area contributed by atoms with Crippen LogP contribution in [0.1, 0.15) is 58.9 Å². The molecule has 0 fully saturated rings. The van der Waals surface area contributed by atoms with Gasteiger partial charge in [0.2, 0.25) is 0 Å². The summed E-state index contributed by atoms with van der Waals surface area (Å²) in [5.74, 6) is 0.375. The van der Waals surface area contributed by atoms with E-state index in [4.69, 9.17) is 10.8 Å². The van der Waals surface area contributed by atoms with E-state index in [0.717, 1.165) is 36.4 Å². The van der Waals surface area contributed by atoms with Crippen LogP contribution in [0.3, 0.4) is 0 Å². The molecule has 3 N–H and O–H groups in total. The second-order valence-corrected chi connectivity index (χ2v) is 7.21. The Hall–Kier alpha value is -1.71. The zero-order chi connectivity index (χ0) is 17.6. The third kappa shape index (κ3) is 6.12. The van der Waals surface area contributed by atoms with Crippen LogP contribution in [0.5, 0.6) is 0 Å². The van der Waals surface area contributed by atoms with Crippen molar-refractivity contribution in [3.8, 4) is 0 Å². The Morgan fingerprint density at radius 2 is 1.74 bits per heavy atom. The number of anilines is 2. The molecular formula is C19H32N2O2. The van der Waals surface area contributed by atoms with Gasteiger partial charge in [-0.15, -0.1) is 0 Å². The summed E-state index contributed by atoms with van der Waals surface area (Å²) in [5.41, 5.74) is 9.13. The van der Waals surface area contributed by atoms with Crippen molar-refractivity contribution in [3.63, 3.8) is 0 Å². The second-order valence-electron chi connectivity index (χ2n) is 7.21. The number of rotatable bonds is 9. The number of nitrogen functional groups attached to an aromatic ring is 1. The number of carboxylic acid groups (broad SMARTS) is 1. The summed E-state index contributed by atoms with van der Waals surface area (Å²) in [6.45, 7) is 12.8. The molecule has 130 valence electrons. The van der Waals surface area contributed by atoms with Crippen LogP contribution in [0.2, 0.25) is 0 Å². The molecule has 0 unspecified atom stereocenters. The Morgan fingerprint density at radius 3 is 2.13 bits per heavy atom. The van der Waals surface area contributed by atoms with E-state index in [-0.39, 0.29) is 12.3 Å². The number of hydrogen-bond acceptors (Lipinski definition) is 3. The Balaban J connectivity index is 3.06. The van der Waals surface area contributed by atoms with Crippen LogP contribution in [-0.4, -0.2) is 24.2 Å². The molecule has 0 radical (unpaired) electrons. The molecule has 0 aromatic heterocycles. The molecule has 0 amide bonds. The van der Waals surface area contributed by atoms with E-state index in [1.54, 1.807) is 0 Å². The molecule has 1 aromatic carbocycles. The van der Waals surface area contributed by atoms with Crippen LogP contribution in [0.25, 0.3) is 0 Å². The molecule has 1 rings (SSSR count). The lowest BCUT2D eigenvalue weighted by atomic mass is 9.92. The highest BCUT2D eigenvalue weighted by Gasteiger charge is 2.17. The van der Waals surface area contributed by atoms with Gasteiger partial charge in [0.05, 0.1) is 17.8 Å². The van der Waals surface area contributed by atoms with Crippen molar-refractivity contribution in [2.24, 2.45) is 11.8 Å². The van der Waals surface area contributed by atoms with Gasteiger partial charge < -0.3 is 15.7 Å². The van der Waals surface area contributed by atoms with E-state index < -0.39 is 5.97 Å². The van der Waals surface area contributed by atoms with Crippen molar-refractivity contribution in [1.82, 2.24) is 0 Å². The Bertz CT molecular complexity index is 502. The summed E-state index contributed by atoms with van der Waals surface area (Å²) in [5, 5.41) is 9.05. The molecule has 0 spiro atoms. The number of carboxylic acids is 1. The van der Waals surface area contributed by atoms with E-state index in [9.17, 15) is 4.79 Å². The van der Waals surface area contributed by atoms with Gasteiger partial charge >= 0.3 is 5.97 Å². The first-order chi connectivity index (χ1) is 10.7. The monoisotopic (exact) mass is 320 g/mol. The molecule has 0 bridgehead atoms. The van der Waals surface area contributed by atoms with Gasteiger partial charge in [-0.25, -0.2) is 0 Å². The SMILES string of the molecule is CC[C@H](CC(=O)O)c1ccc(N(CC(C)C)CC(C)C)c(N)c1. The fraction of sp³-hybridized carbons (Fsp3) is 0.632. The fourth-order valence-corrected chi connectivity index (χ4v) is 2.98. The van der Waals surface area contributed by atoms with Gasteiger partial charge in [0, 0.05) is 13.1 Å². The summed E-state index contributed by atoms with van der Waals surface area (Å²) in [6, 6.07) is 6.05. The summed E-state index contributed by atoms with van der Waals surface area (Å²) in [6.07, 6.45) is 0.948. The lowest BCUT2D eigenvalue weighted by molar-refractivity contribution is -0.137. The van der Waals surface area contributed by atoms with Gasteiger partial charge in [-0.3, -0.25) is 4.79 Å². The predicted molar refractivity (Wildman–Crippen MR) is 98.0 cm³/mol. The first kappa shape index (κ1) is 19.3. The largest absolute Gasteiger partial charge is 0.481 e. The molecule has 0 saturated carbocycles. The molecule has 4 nitrogen and oxygen atoms in total. The zero-order valence-corrected chi connectivity index (χ0v) is 15.2.